The van der Waals surface area contributed by atoms with Crippen LogP contribution in [0.15, 0.2) is 5.38 Å². The van der Waals surface area contributed by atoms with Crippen molar-refractivity contribution in [2.24, 2.45) is 11.8 Å². The van der Waals surface area contributed by atoms with Crippen molar-refractivity contribution in [3.8, 4) is 0 Å². The molecule has 0 spiro atoms. The number of amides is 2. The maximum Gasteiger partial charge on any atom is 0.225 e. The van der Waals surface area contributed by atoms with Crippen LogP contribution in [-0.4, -0.2) is 41.3 Å². The first-order valence-electron chi connectivity index (χ1n) is 8.83. The Hall–Kier alpha value is -1.43. The molecule has 6 heteroatoms. The Balaban J connectivity index is 1.42. The molecule has 5 nitrogen and oxygen atoms in total. The first kappa shape index (κ1) is 17.4. The highest BCUT2D eigenvalue weighted by atomic mass is 32.1. The Kier molecular flexibility index (Phi) is 4.95. The van der Waals surface area contributed by atoms with Gasteiger partial charge in [-0.15, -0.1) is 11.3 Å². The van der Waals surface area contributed by atoms with E-state index in [0.29, 0.717) is 25.4 Å². The summed E-state index contributed by atoms with van der Waals surface area (Å²) >= 11 is 1.65. The third kappa shape index (κ3) is 4.35. The molecule has 0 bridgehead atoms. The number of hydrogen-bond acceptors (Lipinski definition) is 4. The zero-order valence-electron chi connectivity index (χ0n) is 14.8. The van der Waals surface area contributed by atoms with Crippen LogP contribution in [0.25, 0.3) is 0 Å². The van der Waals surface area contributed by atoms with E-state index in [1.54, 1.807) is 11.3 Å². The third-order valence-electron chi connectivity index (χ3n) is 4.72. The van der Waals surface area contributed by atoms with Crippen LogP contribution in [-0.2, 0) is 21.4 Å². The Morgan fingerprint density at radius 2 is 2.17 bits per heavy atom. The van der Waals surface area contributed by atoms with Crippen LogP contribution >= 0.6 is 11.3 Å². The van der Waals surface area contributed by atoms with E-state index in [0.717, 1.165) is 23.7 Å². The second-order valence-corrected chi connectivity index (χ2v) is 9.00. The molecule has 3 rings (SSSR count). The van der Waals surface area contributed by atoms with Gasteiger partial charge < -0.3 is 10.2 Å². The van der Waals surface area contributed by atoms with Crippen LogP contribution in [0.3, 0.4) is 0 Å². The average Bonchev–Trinajstić information content (AvgIpc) is 3.04. The van der Waals surface area contributed by atoms with Crippen molar-refractivity contribution in [2.75, 3.05) is 19.6 Å². The van der Waals surface area contributed by atoms with Gasteiger partial charge in [-0.25, -0.2) is 4.98 Å². The Bertz CT molecular complexity index is 616. The summed E-state index contributed by atoms with van der Waals surface area (Å²) in [5, 5.41) is 6.13. The minimum Gasteiger partial charge on any atom is -0.355 e. The fourth-order valence-electron chi connectivity index (χ4n) is 2.94. The molecule has 24 heavy (non-hydrogen) atoms. The summed E-state index contributed by atoms with van der Waals surface area (Å²) in [7, 11) is 0. The monoisotopic (exact) mass is 349 g/mol. The van der Waals surface area contributed by atoms with Crippen molar-refractivity contribution < 1.29 is 9.59 Å². The van der Waals surface area contributed by atoms with Crippen molar-refractivity contribution >= 4 is 23.2 Å². The van der Waals surface area contributed by atoms with E-state index in [1.165, 1.54) is 12.8 Å². The highest BCUT2D eigenvalue weighted by Crippen LogP contribution is 2.32. The number of nitrogens with one attached hydrogen (secondary N) is 1. The lowest BCUT2D eigenvalue weighted by Crippen LogP contribution is -2.34. The minimum absolute atomic E-state index is 0.00856. The Labute approximate surface area is 147 Å². The summed E-state index contributed by atoms with van der Waals surface area (Å²) < 4.78 is 0. The van der Waals surface area contributed by atoms with E-state index in [2.05, 4.69) is 36.5 Å². The van der Waals surface area contributed by atoms with Crippen molar-refractivity contribution in [3.05, 3.63) is 16.1 Å². The number of hydrogen-bond donors (Lipinski definition) is 1. The number of carbonyl (C=O) groups is 2. The minimum atomic E-state index is -0.183. The molecule has 1 atom stereocenters. The molecule has 1 aliphatic carbocycles. The fraction of sp³-hybridized carbons (Fsp3) is 0.722. The number of aromatic nitrogens is 1. The first-order chi connectivity index (χ1) is 11.3. The maximum atomic E-state index is 12.3. The summed E-state index contributed by atoms with van der Waals surface area (Å²) in [5.41, 5.74) is 1.17. The molecule has 1 N–H and O–H groups in total. The summed E-state index contributed by atoms with van der Waals surface area (Å²) in [6.45, 7) is 8.47. The third-order valence-corrected chi connectivity index (χ3v) is 5.63. The van der Waals surface area contributed by atoms with E-state index in [9.17, 15) is 9.59 Å². The Morgan fingerprint density at radius 3 is 2.79 bits per heavy atom. The van der Waals surface area contributed by atoms with Crippen LogP contribution in [0.1, 0.15) is 50.7 Å². The van der Waals surface area contributed by atoms with Gasteiger partial charge in [0.15, 0.2) is 0 Å². The molecule has 1 aliphatic heterocycles. The second-order valence-electron chi connectivity index (χ2n) is 8.06. The van der Waals surface area contributed by atoms with Crippen LogP contribution in [0.5, 0.6) is 0 Å². The van der Waals surface area contributed by atoms with Gasteiger partial charge in [-0.1, -0.05) is 20.8 Å². The normalized spacial score (nSPS) is 21.4. The molecule has 2 aliphatic rings. The van der Waals surface area contributed by atoms with E-state index in [4.69, 9.17) is 0 Å². The maximum absolute atomic E-state index is 12.3. The molecule has 1 saturated carbocycles. The van der Waals surface area contributed by atoms with Gasteiger partial charge in [0.25, 0.3) is 0 Å². The summed E-state index contributed by atoms with van der Waals surface area (Å²) in [4.78, 5) is 30.8. The average molecular weight is 350 g/mol. The van der Waals surface area contributed by atoms with E-state index < -0.39 is 0 Å². The predicted octanol–water partition coefficient (Wildman–Crippen LogP) is 2.36. The van der Waals surface area contributed by atoms with Gasteiger partial charge in [-0.2, -0.15) is 0 Å². The van der Waals surface area contributed by atoms with Gasteiger partial charge in [0.2, 0.25) is 11.8 Å². The predicted molar refractivity (Wildman–Crippen MR) is 94.9 cm³/mol. The molecular formula is C18H27N3O2S. The lowest BCUT2D eigenvalue weighted by atomic mass is 9.93. The molecule has 1 aromatic heterocycles. The lowest BCUT2D eigenvalue weighted by Gasteiger charge is -2.16. The van der Waals surface area contributed by atoms with Gasteiger partial charge in [0.05, 0.1) is 16.6 Å². The molecule has 0 radical (unpaired) electrons. The fourth-order valence-corrected chi connectivity index (χ4v) is 3.97. The van der Waals surface area contributed by atoms with E-state index >= 15 is 0 Å². The van der Waals surface area contributed by atoms with Gasteiger partial charge in [-0.3, -0.25) is 9.59 Å². The zero-order chi connectivity index (χ0) is 17.3. The molecule has 1 aromatic rings. The largest absolute Gasteiger partial charge is 0.355 e. The summed E-state index contributed by atoms with van der Waals surface area (Å²) in [6.07, 6.45) is 3.57. The first-order valence-corrected chi connectivity index (χ1v) is 9.71. The van der Waals surface area contributed by atoms with Crippen molar-refractivity contribution in [3.63, 3.8) is 0 Å². The highest BCUT2D eigenvalue weighted by Gasteiger charge is 2.36. The van der Waals surface area contributed by atoms with Gasteiger partial charge in [0.1, 0.15) is 0 Å². The van der Waals surface area contributed by atoms with Crippen LogP contribution < -0.4 is 5.32 Å². The molecule has 2 fully saturated rings. The van der Waals surface area contributed by atoms with Crippen molar-refractivity contribution in [1.82, 2.24) is 15.2 Å². The SMILES string of the molecule is CC(C)(C)c1csc(CCNC(=O)[C@H]2CC(=O)N(CC3CC3)C2)n1. The van der Waals surface area contributed by atoms with Gasteiger partial charge >= 0.3 is 0 Å². The molecule has 0 unspecified atom stereocenters. The van der Waals surface area contributed by atoms with Crippen LogP contribution in [0, 0.1) is 11.8 Å². The molecule has 1 saturated heterocycles. The van der Waals surface area contributed by atoms with Crippen LogP contribution in [0.4, 0.5) is 0 Å². The summed E-state index contributed by atoms with van der Waals surface area (Å²) in [5.74, 6) is 0.640. The number of rotatable bonds is 6. The number of nitrogens with zero attached hydrogens (tertiary/aromatic N) is 2. The van der Waals surface area contributed by atoms with Gasteiger partial charge in [0, 0.05) is 43.3 Å². The summed E-state index contributed by atoms with van der Waals surface area (Å²) in [6, 6.07) is 0. The molecule has 2 amide bonds. The van der Waals surface area contributed by atoms with Gasteiger partial charge in [-0.05, 0) is 18.8 Å². The molecule has 132 valence electrons. The topological polar surface area (TPSA) is 62.3 Å². The molecule has 0 aromatic carbocycles. The number of likely N-dealkylation sites (tertiary alicyclic amines) is 1. The van der Waals surface area contributed by atoms with E-state index in [-0.39, 0.29) is 23.1 Å². The molecule has 2 heterocycles. The number of carbonyl (C=O) groups excluding carboxylic acids is 2. The quantitative estimate of drug-likeness (QED) is 0.857. The van der Waals surface area contributed by atoms with Crippen LogP contribution in [0.2, 0.25) is 0 Å². The van der Waals surface area contributed by atoms with Crippen molar-refractivity contribution in [2.45, 2.75) is 51.9 Å². The highest BCUT2D eigenvalue weighted by molar-refractivity contribution is 7.09. The lowest BCUT2D eigenvalue weighted by molar-refractivity contribution is -0.129. The zero-order valence-corrected chi connectivity index (χ0v) is 15.6. The standard InChI is InChI=1S/C18H27N3O2S/c1-18(2,3)14-11-24-15(20-14)6-7-19-17(23)13-8-16(22)21(10-13)9-12-4-5-12/h11-13H,4-10H2,1-3H3,(H,19,23)/t13-/m0/s1. The second kappa shape index (κ2) is 6.82. The smallest absolute Gasteiger partial charge is 0.225 e. The van der Waals surface area contributed by atoms with E-state index in [1.807, 2.05) is 4.90 Å². The molecular weight excluding hydrogens is 322 g/mol. The van der Waals surface area contributed by atoms with Crippen molar-refractivity contribution in [1.29, 1.82) is 0 Å². The Morgan fingerprint density at radius 1 is 1.42 bits per heavy atom. The number of thiazole rings is 1.